The van der Waals surface area contributed by atoms with Crippen LogP contribution in [-0.2, 0) is 9.53 Å². The Morgan fingerprint density at radius 3 is 2.74 bits per heavy atom. The van der Waals surface area contributed by atoms with Gasteiger partial charge < -0.3 is 25.0 Å². The Morgan fingerprint density at radius 2 is 2.00 bits per heavy atom. The van der Waals surface area contributed by atoms with Crippen LogP contribution in [0.15, 0.2) is 47.7 Å². The number of amides is 2. The summed E-state index contributed by atoms with van der Waals surface area (Å²) in [5.41, 5.74) is 1.00. The summed E-state index contributed by atoms with van der Waals surface area (Å²) in [5, 5.41) is 6.03. The van der Waals surface area contributed by atoms with E-state index in [9.17, 15) is 9.59 Å². The van der Waals surface area contributed by atoms with Crippen LogP contribution < -0.4 is 15.4 Å². The van der Waals surface area contributed by atoms with E-state index in [0.717, 1.165) is 30.5 Å². The lowest BCUT2D eigenvalue weighted by molar-refractivity contribution is -0.111. The van der Waals surface area contributed by atoms with Crippen molar-refractivity contribution in [3.8, 4) is 5.75 Å². The minimum Gasteiger partial charge on any atom is -0.490 e. The maximum absolute atomic E-state index is 13.2. The van der Waals surface area contributed by atoms with Crippen LogP contribution in [0.2, 0.25) is 0 Å². The number of halogens is 1. The smallest absolute Gasteiger partial charge is 0.254 e. The highest BCUT2D eigenvalue weighted by Crippen LogP contribution is 2.28. The summed E-state index contributed by atoms with van der Waals surface area (Å²) in [7, 11) is 0. The minimum absolute atomic E-state index is 0.0653. The molecule has 35 heavy (non-hydrogen) atoms. The first-order valence-corrected chi connectivity index (χ1v) is 12.3. The summed E-state index contributed by atoms with van der Waals surface area (Å²) in [6.45, 7) is 8.96. The monoisotopic (exact) mass is 544 g/mol. The molecule has 3 heterocycles. The van der Waals surface area contributed by atoms with Gasteiger partial charge >= 0.3 is 0 Å². The number of morpholine rings is 1. The zero-order valence-corrected chi connectivity index (χ0v) is 21.0. The highest BCUT2D eigenvalue weighted by molar-refractivity contribution is 9.10. The van der Waals surface area contributed by atoms with Gasteiger partial charge in [-0.25, -0.2) is 9.97 Å². The van der Waals surface area contributed by atoms with Crippen LogP contribution in [0.3, 0.4) is 0 Å². The molecule has 2 fully saturated rings. The molecule has 186 valence electrons. The van der Waals surface area contributed by atoms with Crippen molar-refractivity contribution < 1.29 is 19.1 Å². The number of nitrogens with one attached hydrogen (secondary N) is 2. The number of anilines is 2. The minimum atomic E-state index is -0.342. The Morgan fingerprint density at radius 1 is 1.23 bits per heavy atom. The van der Waals surface area contributed by atoms with Crippen LogP contribution in [0.1, 0.15) is 16.8 Å². The van der Waals surface area contributed by atoms with Gasteiger partial charge in [0.2, 0.25) is 11.9 Å². The highest BCUT2D eigenvalue weighted by atomic mass is 79.9. The first kappa shape index (κ1) is 25.1. The maximum atomic E-state index is 13.2. The number of carbonyl (C=O) groups is 2. The van der Waals surface area contributed by atoms with E-state index in [4.69, 9.17) is 9.47 Å². The highest BCUT2D eigenvalue weighted by Gasteiger charge is 2.28. The molecular weight excluding hydrogens is 516 g/mol. The quantitative estimate of drug-likeness (QED) is 0.463. The van der Waals surface area contributed by atoms with Gasteiger partial charge in [0.15, 0.2) is 0 Å². The van der Waals surface area contributed by atoms with E-state index in [1.807, 2.05) is 0 Å². The van der Waals surface area contributed by atoms with E-state index in [0.29, 0.717) is 55.9 Å². The molecule has 1 aromatic carbocycles. The predicted molar refractivity (Wildman–Crippen MR) is 136 cm³/mol. The van der Waals surface area contributed by atoms with E-state index in [-0.39, 0.29) is 17.9 Å². The van der Waals surface area contributed by atoms with Crippen LogP contribution >= 0.6 is 15.9 Å². The molecule has 2 aliphatic rings. The third kappa shape index (κ3) is 7.00. The van der Waals surface area contributed by atoms with Crippen LogP contribution in [0.4, 0.5) is 11.6 Å². The lowest BCUT2D eigenvalue weighted by Crippen LogP contribution is -2.38. The Hall–Kier alpha value is -3.02. The number of rotatable bonds is 9. The maximum Gasteiger partial charge on any atom is 0.254 e. The van der Waals surface area contributed by atoms with E-state index >= 15 is 0 Å². The molecule has 2 aliphatic heterocycles. The first-order chi connectivity index (χ1) is 17.0. The van der Waals surface area contributed by atoms with Crippen molar-refractivity contribution >= 4 is 39.4 Å². The number of carbonyl (C=O) groups excluding carboxylic acids is 2. The lowest BCUT2D eigenvalue weighted by Gasteiger charge is -2.26. The molecule has 2 amide bonds. The van der Waals surface area contributed by atoms with Gasteiger partial charge in [-0.15, -0.1) is 0 Å². The molecule has 4 rings (SSSR count). The third-order valence-electron chi connectivity index (χ3n) is 5.87. The summed E-state index contributed by atoms with van der Waals surface area (Å²) < 4.78 is 12.2. The summed E-state index contributed by atoms with van der Waals surface area (Å²) in [4.78, 5) is 37.7. The third-order valence-corrected chi connectivity index (χ3v) is 6.28. The normalized spacial score (nSPS) is 18.2. The van der Waals surface area contributed by atoms with Gasteiger partial charge in [0.25, 0.3) is 5.91 Å². The Bertz CT molecular complexity index is 1040. The van der Waals surface area contributed by atoms with Crippen molar-refractivity contribution in [1.82, 2.24) is 19.8 Å². The molecule has 2 aromatic rings. The second kappa shape index (κ2) is 12.1. The Kier molecular flexibility index (Phi) is 8.67. The van der Waals surface area contributed by atoms with Gasteiger partial charge in [-0.1, -0.05) is 6.58 Å². The molecule has 2 saturated heterocycles. The zero-order valence-electron chi connectivity index (χ0n) is 19.4. The molecule has 11 heteroatoms. The summed E-state index contributed by atoms with van der Waals surface area (Å²) >= 11 is 3.33. The zero-order chi connectivity index (χ0) is 24.6. The molecule has 1 atom stereocenters. The molecule has 0 saturated carbocycles. The standard InChI is InChI=1S/C24H29BrN6O4/c1-2-22(32)29-20-4-3-17(13-21(20)35-12-9-30-7-10-34-11-8-30)23(33)31-6-5-19(16-31)28-24-26-14-18(25)15-27-24/h2-4,13-15,19H,1,5-12,16H2,(H,29,32)(H,26,27,28)/t19-/m1/s1. The number of hydrogen-bond donors (Lipinski definition) is 2. The second-order valence-corrected chi connectivity index (χ2v) is 9.23. The van der Waals surface area contributed by atoms with Gasteiger partial charge in [-0.3, -0.25) is 14.5 Å². The fourth-order valence-electron chi connectivity index (χ4n) is 3.99. The number of benzene rings is 1. The van der Waals surface area contributed by atoms with Gasteiger partial charge in [0, 0.05) is 56.7 Å². The Labute approximate surface area is 212 Å². The van der Waals surface area contributed by atoms with Crippen molar-refractivity contribution in [1.29, 1.82) is 0 Å². The summed E-state index contributed by atoms with van der Waals surface area (Å²) in [5.74, 6) is 0.554. The molecule has 0 bridgehead atoms. The van der Waals surface area contributed by atoms with E-state index in [2.05, 4.69) is 48.0 Å². The number of aromatic nitrogens is 2. The lowest BCUT2D eigenvalue weighted by atomic mass is 10.1. The second-order valence-electron chi connectivity index (χ2n) is 8.31. The molecule has 0 unspecified atom stereocenters. The molecule has 2 N–H and O–H groups in total. The van der Waals surface area contributed by atoms with Crippen LogP contribution in [0, 0.1) is 0 Å². The molecule has 0 aliphatic carbocycles. The average Bonchev–Trinajstić information content (AvgIpc) is 3.35. The van der Waals surface area contributed by atoms with E-state index in [1.54, 1.807) is 35.5 Å². The SMILES string of the molecule is C=CC(=O)Nc1ccc(C(=O)N2CC[C@@H](Nc3ncc(Br)cn3)C2)cc1OCCN1CCOCC1. The molecule has 0 radical (unpaired) electrons. The summed E-state index contributed by atoms with van der Waals surface area (Å²) in [6.07, 6.45) is 5.35. The Balaban J connectivity index is 1.40. The summed E-state index contributed by atoms with van der Waals surface area (Å²) in [6, 6.07) is 5.16. The molecule has 1 aromatic heterocycles. The topological polar surface area (TPSA) is 109 Å². The van der Waals surface area contributed by atoms with Crippen molar-refractivity contribution in [2.24, 2.45) is 0 Å². The van der Waals surface area contributed by atoms with Gasteiger partial charge in [0.1, 0.15) is 12.4 Å². The van der Waals surface area contributed by atoms with Crippen molar-refractivity contribution in [3.63, 3.8) is 0 Å². The van der Waals surface area contributed by atoms with Crippen LogP contribution in [0.5, 0.6) is 5.75 Å². The van der Waals surface area contributed by atoms with Gasteiger partial charge in [-0.2, -0.15) is 0 Å². The number of ether oxygens (including phenoxy) is 2. The van der Waals surface area contributed by atoms with Gasteiger partial charge in [0.05, 0.1) is 23.4 Å². The predicted octanol–water partition coefficient (Wildman–Crippen LogP) is 2.40. The number of likely N-dealkylation sites (tertiary alicyclic amines) is 1. The van der Waals surface area contributed by atoms with E-state index < -0.39 is 0 Å². The van der Waals surface area contributed by atoms with Crippen LogP contribution in [-0.4, -0.2) is 90.2 Å². The fourth-order valence-corrected chi connectivity index (χ4v) is 4.19. The van der Waals surface area contributed by atoms with Crippen molar-refractivity contribution in [2.75, 3.05) is 63.2 Å². The molecule has 0 spiro atoms. The average molecular weight is 545 g/mol. The first-order valence-electron chi connectivity index (χ1n) is 11.6. The fraction of sp³-hybridized carbons (Fsp3) is 0.417. The van der Waals surface area contributed by atoms with Crippen molar-refractivity contribution in [2.45, 2.75) is 12.5 Å². The molecular formula is C24H29BrN6O4. The van der Waals surface area contributed by atoms with Crippen molar-refractivity contribution in [3.05, 3.63) is 53.3 Å². The molecule has 10 nitrogen and oxygen atoms in total. The van der Waals surface area contributed by atoms with E-state index in [1.165, 1.54) is 6.08 Å². The van der Waals surface area contributed by atoms with Crippen LogP contribution in [0.25, 0.3) is 0 Å². The number of nitrogens with zero attached hydrogens (tertiary/aromatic N) is 4. The van der Waals surface area contributed by atoms with Gasteiger partial charge in [-0.05, 0) is 46.6 Å². The number of hydrogen-bond acceptors (Lipinski definition) is 8. The largest absolute Gasteiger partial charge is 0.490 e.